The first kappa shape index (κ1) is 16.6. The molecule has 0 radical (unpaired) electrons. The van der Waals surface area contributed by atoms with E-state index in [4.69, 9.17) is 0 Å². The zero-order valence-corrected chi connectivity index (χ0v) is 14.6. The second-order valence-electron chi connectivity index (χ2n) is 5.78. The normalized spacial score (nSPS) is 14.2. The maximum Gasteiger partial charge on any atom is 0.258 e. The maximum atomic E-state index is 12.7. The summed E-state index contributed by atoms with van der Waals surface area (Å²) in [5.41, 5.74) is 3.54. The Bertz CT molecular complexity index is 758. The first-order chi connectivity index (χ1) is 11.6. The smallest absolute Gasteiger partial charge is 0.258 e. The molecule has 1 aliphatic rings. The van der Waals surface area contributed by atoms with Crippen molar-refractivity contribution in [3.05, 3.63) is 59.7 Å². The second-order valence-corrected chi connectivity index (χ2v) is 6.96. The number of fused-ring (bicyclic) bond motifs is 1. The number of rotatable bonds is 4. The van der Waals surface area contributed by atoms with Crippen LogP contribution in [0.1, 0.15) is 22.8 Å². The monoisotopic (exact) mass is 340 g/mol. The van der Waals surface area contributed by atoms with Crippen LogP contribution in [0.3, 0.4) is 0 Å². The van der Waals surface area contributed by atoms with E-state index in [9.17, 15) is 9.59 Å². The van der Waals surface area contributed by atoms with Crippen molar-refractivity contribution in [2.45, 2.75) is 18.6 Å². The summed E-state index contributed by atoms with van der Waals surface area (Å²) in [5.74, 6) is -0.0367. The summed E-state index contributed by atoms with van der Waals surface area (Å²) in [6.07, 6.45) is 2.79. The van der Waals surface area contributed by atoms with Gasteiger partial charge in [0.05, 0.1) is 5.25 Å². The van der Waals surface area contributed by atoms with Crippen molar-refractivity contribution in [3.8, 4) is 0 Å². The zero-order valence-electron chi connectivity index (χ0n) is 13.8. The van der Waals surface area contributed by atoms with Crippen LogP contribution < -0.4 is 10.2 Å². The van der Waals surface area contributed by atoms with Gasteiger partial charge >= 0.3 is 0 Å². The molecule has 0 fully saturated rings. The number of hydrogen-bond donors (Lipinski definition) is 1. The molecule has 0 aromatic heterocycles. The fourth-order valence-corrected chi connectivity index (χ4v) is 3.03. The summed E-state index contributed by atoms with van der Waals surface area (Å²) < 4.78 is 0. The summed E-state index contributed by atoms with van der Waals surface area (Å²) in [4.78, 5) is 26.5. The van der Waals surface area contributed by atoms with Crippen LogP contribution in [0.5, 0.6) is 0 Å². The molecule has 0 saturated heterocycles. The Labute approximate surface area is 146 Å². The highest BCUT2D eigenvalue weighted by molar-refractivity contribution is 7.99. The van der Waals surface area contributed by atoms with Gasteiger partial charge in [-0.3, -0.25) is 9.59 Å². The molecule has 0 aliphatic carbocycles. The predicted molar refractivity (Wildman–Crippen MR) is 99.9 cm³/mol. The minimum atomic E-state index is -0.104. The van der Waals surface area contributed by atoms with Crippen LogP contribution in [0, 0.1) is 0 Å². The van der Waals surface area contributed by atoms with Crippen LogP contribution in [0.2, 0.25) is 0 Å². The Morgan fingerprint density at radius 3 is 2.54 bits per heavy atom. The molecule has 24 heavy (non-hydrogen) atoms. The minimum Gasteiger partial charge on any atom is -0.325 e. The van der Waals surface area contributed by atoms with Crippen LogP contribution >= 0.6 is 11.8 Å². The van der Waals surface area contributed by atoms with Crippen molar-refractivity contribution in [1.82, 2.24) is 0 Å². The molecule has 2 aromatic carbocycles. The number of hydrogen-bond acceptors (Lipinski definition) is 3. The number of carbonyl (C=O) groups is 2. The van der Waals surface area contributed by atoms with Gasteiger partial charge in [-0.15, -0.1) is 0 Å². The number of anilines is 2. The van der Waals surface area contributed by atoms with Gasteiger partial charge in [-0.1, -0.05) is 18.2 Å². The third-order valence-electron chi connectivity index (χ3n) is 4.25. The van der Waals surface area contributed by atoms with Gasteiger partial charge in [-0.25, -0.2) is 0 Å². The Morgan fingerprint density at radius 1 is 1.12 bits per heavy atom. The van der Waals surface area contributed by atoms with Gasteiger partial charge in [0.25, 0.3) is 5.91 Å². The molecular formula is C19H20N2O2S. The molecule has 0 bridgehead atoms. The third-order valence-corrected chi connectivity index (χ3v) is 5.18. The largest absolute Gasteiger partial charge is 0.325 e. The molecule has 2 aromatic rings. The average Bonchev–Trinajstić information content (AvgIpc) is 3.05. The van der Waals surface area contributed by atoms with Gasteiger partial charge in [-0.05, 0) is 55.5 Å². The van der Waals surface area contributed by atoms with Gasteiger partial charge in [-0.2, -0.15) is 11.8 Å². The van der Waals surface area contributed by atoms with Gasteiger partial charge < -0.3 is 10.2 Å². The van der Waals surface area contributed by atoms with E-state index in [1.165, 1.54) is 17.3 Å². The Morgan fingerprint density at radius 2 is 1.83 bits per heavy atom. The molecule has 5 heteroatoms. The van der Waals surface area contributed by atoms with Crippen molar-refractivity contribution in [2.75, 3.05) is 23.0 Å². The average molecular weight is 340 g/mol. The molecule has 1 N–H and O–H groups in total. The summed E-state index contributed by atoms with van der Waals surface area (Å²) in [7, 11) is 0. The van der Waals surface area contributed by atoms with E-state index in [0.717, 1.165) is 12.1 Å². The Balaban J connectivity index is 1.72. The second kappa shape index (κ2) is 7.09. The molecule has 1 heterocycles. The summed E-state index contributed by atoms with van der Waals surface area (Å²) >= 11 is 1.50. The first-order valence-corrected chi connectivity index (χ1v) is 9.22. The lowest BCUT2D eigenvalue weighted by molar-refractivity contribution is -0.115. The quantitative estimate of drug-likeness (QED) is 0.925. The first-order valence-electron chi connectivity index (χ1n) is 7.93. The van der Waals surface area contributed by atoms with Gasteiger partial charge in [0.15, 0.2) is 0 Å². The molecule has 124 valence electrons. The maximum absolute atomic E-state index is 12.7. The van der Waals surface area contributed by atoms with E-state index in [2.05, 4.69) is 11.4 Å². The molecule has 0 spiro atoms. The van der Waals surface area contributed by atoms with Crippen molar-refractivity contribution >= 4 is 35.0 Å². The molecule has 1 aliphatic heterocycles. The topological polar surface area (TPSA) is 49.4 Å². The van der Waals surface area contributed by atoms with E-state index in [0.29, 0.717) is 17.8 Å². The molecule has 1 unspecified atom stereocenters. The van der Waals surface area contributed by atoms with Gasteiger partial charge in [0.2, 0.25) is 5.91 Å². The number of amides is 2. The van der Waals surface area contributed by atoms with E-state index >= 15 is 0 Å². The number of para-hydroxylation sites is 1. The fraction of sp³-hybridized carbons (Fsp3) is 0.263. The summed E-state index contributed by atoms with van der Waals surface area (Å²) in [6.45, 7) is 2.57. The number of carbonyl (C=O) groups excluding carboxylic acids is 2. The predicted octanol–water partition coefficient (Wildman–Crippen LogP) is 3.58. The molecule has 2 amide bonds. The van der Waals surface area contributed by atoms with Crippen molar-refractivity contribution in [2.24, 2.45) is 0 Å². The van der Waals surface area contributed by atoms with E-state index in [1.807, 2.05) is 36.3 Å². The van der Waals surface area contributed by atoms with Crippen LogP contribution in [-0.4, -0.2) is 29.9 Å². The lowest BCUT2D eigenvalue weighted by Gasteiger charge is -2.17. The van der Waals surface area contributed by atoms with Crippen LogP contribution in [-0.2, 0) is 11.2 Å². The number of nitrogens with zero attached hydrogens (tertiary/aromatic N) is 1. The standard InChI is InChI=1S/C19H20N2O2S/c1-13(24-2)18(22)20-16-9-7-15(8-10-16)19(23)21-12-11-14-5-3-4-6-17(14)21/h3-10,13H,11-12H2,1-2H3,(H,20,22). The number of nitrogens with one attached hydrogen (secondary N) is 1. The number of thioether (sulfide) groups is 1. The SMILES string of the molecule is CSC(C)C(=O)Nc1ccc(C(=O)N2CCc3ccccc32)cc1. The minimum absolute atomic E-state index is 0.00434. The van der Waals surface area contributed by atoms with E-state index in [1.54, 1.807) is 24.3 Å². The Hall–Kier alpha value is -2.27. The van der Waals surface area contributed by atoms with Crippen LogP contribution in [0.15, 0.2) is 48.5 Å². The van der Waals surface area contributed by atoms with Crippen molar-refractivity contribution in [1.29, 1.82) is 0 Å². The third kappa shape index (κ3) is 3.31. The lowest BCUT2D eigenvalue weighted by Crippen LogP contribution is -2.28. The van der Waals surface area contributed by atoms with Crippen molar-refractivity contribution < 1.29 is 9.59 Å². The molecule has 3 rings (SSSR count). The number of benzene rings is 2. The lowest BCUT2D eigenvalue weighted by atomic mass is 10.1. The van der Waals surface area contributed by atoms with Crippen LogP contribution in [0.25, 0.3) is 0 Å². The van der Waals surface area contributed by atoms with E-state index < -0.39 is 0 Å². The fourth-order valence-electron chi connectivity index (χ4n) is 2.75. The molecule has 0 saturated carbocycles. The van der Waals surface area contributed by atoms with Crippen LogP contribution in [0.4, 0.5) is 11.4 Å². The molecular weight excluding hydrogens is 320 g/mol. The summed E-state index contributed by atoms with van der Waals surface area (Å²) in [5, 5.41) is 2.76. The molecule has 4 nitrogen and oxygen atoms in total. The highest BCUT2D eigenvalue weighted by atomic mass is 32.2. The summed E-state index contributed by atoms with van der Waals surface area (Å²) in [6, 6.07) is 15.1. The zero-order chi connectivity index (χ0) is 17.1. The van der Waals surface area contributed by atoms with Crippen molar-refractivity contribution in [3.63, 3.8) is 0 Å². The van der Waals surface area contributed by atoms with E-state index in [-0.39, 0.29) is 17.1 Å². The highest BCUT2D eigenvalue weighted by Gasteiger charge is 2.25. The molecule has 1 atom stereocenters. The van der Waals surface area contributed by atoms with Gasteiger partial charge in [0.1, 0.15) is 0 Å². The highest BCUT2D eigenvalue weighted by Crippen LogP contribution is 2.29. The van der Waals surface area contributed by atoms with Gasteiger partial charge in [0, 0.05) is 23.5 Å². The Kier molecular flexibility index (Phi) is 4.90.